The van der Waals surface area contributed by atoms with E-state index in [9.17, 15) is 13.2 Å². The Morgan fingerprint density at radius 1 is 1.14 bits per heavy atom. The molecule has 0 aliphatic carbocycles. The summed E-state index contributed by atoms with van der Waals surface area (Å²) in [5.41, 5.74) is -0.502. The van der Waals surface area contributed by atoms with Gasteiger partial charge in [0.15, 0.2) is 0 Å². The lowest BCUT2D eigenvalue weighted by atomic mass is 10.1. The van der Waals surface area contributed by atoms with Crippen LogP contribution in [0.15, 0.2) is 35.1 Å². The quantitative estimate of drug-likeness (QED) is 0.867. The third-order valence-electron chi connectivity index (χ3n) is 2.80. The van der Waals surface area contributed by atoms with Gasteiger partial charge in [0.05, 0.1) is 5.56 Å². The van der Waals surface area contributed by atoms with Gasteiger partial charge in [-0.05, 0) is 27.6 Å². The average Bonchev–Trinajstić information content (AvgIpc) is 2.45. The van der Waals surface area contributed by atoms with Crippen molar-refractivity contribution in [3.8, 4) is 0 Å². The second kappa shape index (κ2) is 6.30. The topological polar surface area (TPSA) is 49.8 Å². The van der Waals surface area contributed by atoms with Crippen LogP contribution in [-0.4, -0.2) is 17.0 Å². The predicted molar refractivity (Wildman–Crippen MR) is 78.0 cm³/mol. The molecule has 2 rings (SSSR count). The largest absolute Gasteiger partial charge is 0.416 e. The molecule has 0 unspecified atom stereocenters. The summed E-state index contributed by atoms with van der Waals surface area (Å²) >= 11 is 3.30. The second-order valence-corrected chi connectivity index (χ2v) is 4.94. The Morgan fingerprint density at radius 2 is 1.81 bits per heavy atom. The van der Waals surface area contributed by atoms with E-state index in [1.165, 1.54) is 18.5 Å². The zero-order chi connectivity index (χ0) is 15.5. The van der Waals surface area contributed by atoms with Gasteiger partial charge in [0.1, 0.15) is 22.4 Å². The minimum atomic E-state index is -4.38. The lowest BCUT2D eigenvalue weighted by molar-refractivity contribution is -0.138. The van der Waals surface area contributed by atoms with Gasteiger partial charge in [-0.15, -0.1) is 0 Å². The zero-order valence-corrected chi connectivity index (χ0v) is 12.6. The number of nitrogens with one attached hydrogen (secondary N) is 2. The van der Waals surface area contributed by atoms with Gasteiger partial charge in [0.25, 0.3) is 0 Å². The van der Waals surface area contributed by atoms with Crippen molar-refractivity contribution in [2.75, 3.05) is 17.7 Å². The van der Waals surface area contributed by atoms with E-state index in [1.54, 1.807) is 13.1 Å². The van der Waals surface area contributed by atoms with Crippen molar-refractivity contribution in [1.82, 2.24) is 9.97 Å². The van der Waals surface area contributed by atoms with E-state index in [1.807, 2.05) is 0 Å². The van der Waals surface area contributed by atoms with Crippen molar-refractivity contribution < 1.29 is 13.2 Å². The summed E-state index contributed by atoms with van der Waals surface area (Å²) in [6.45, 7) is 0.00838. The normalized spacial score (nSPS) is 11.3. The minimum absolute atomic E-state index is 0.00838. The maximum atomic E-state index is 12.9. The van der Waals surface area contributed by atoms with Crippen LogP contribution in [0.3, 0.4) is 0 Å². The zero-order valence-electron chi connectivity index (χ0n) is 11.0. The first-order valence-corrected chi connectivity index (χ1v) is 6.80. The fourth-order valence-corrected chi connectivity index (χ4v) is 2.34. The predicted octanol–water partition coefficient (Wildman–Crippen LogP) is 3.91. The van der Waals surface area contributed by atoms with E-state index in [2.05, 4.69) is 36.5 Å². The SMILES string of the molecule is CNc1ncnc(NCc2ccccc2C(F)(F)F)c1Br. The van der Waals surface area contributed by atoms with Gasteiger partial charge in [0, 0.05) is 13.6 Å². The number of nitrogens with zero attached hydrogens (tertiary/aromatic N) is 2. The molecule has 2 aromatic rings. The molecule has 112 valence electrons. The van der Waals surface area contributed by atoms with Gasteiger partial charge in [0.2, 0.25) is 0 Å². The Balaban J connectivity index is 2.22. The van der Waals surface area contributed by atoms with Gasteiger partial charge >= 0.3 is 6.18 Å². The number of hydrogen-bond acceptors (Lipinski definition) is 4. The van der Waals surface area contributed by atoms with Crippen molar-refractivity contribution in [2.45, 2.75) is 12.7 Å². The monoisotopic (exact) mass is 360 g/mol. The van der Waals surface area contributed by atoms with Crippen LogP contribution in [0.4, 0.5) is 24.8 Å². The first kappa shape index (κ1) is 15.6. The molecule has 1 heterocycles. The Kier molecular flexibility index (Phi) is 4.66. The molecule has 4 nitrogen and oxygen atoms in total. The molecule has 0 aliphatic rings. The summed E-state index contributed by atoms with van der Waals surface area (Å²) in [7, 11) is 1.69. The molecule has 8 heteroatoms. The molecule has 2 N–H and O–H groups in total. The maximum absolute atomic E-state index is 12.9. The van der Waals surface area contributed by atoms with Gasteiger partial charge in [-0.1, -0.05) is 18.2 Å². The molecule has 0 radical (unpaired) electrons. The highest BCUT2D eigenvalue weighted by molar-refractivity contribution is 9.10. The van der Waals surface area contributed by atoms with Crippen LogP contribution in [0.2, 0.25) is 0 Å². The Labute approximate surface area is 127 Å². The minimum Gasteiger partial charge on any atom is -0.372 e. The fourth-order valence-electron chi connectivity index (χ4n) is 1.80. The highest BCUT2D eigenvalue weighted by Crippen LogP contribution is 2.32. The molecule has 0 bridgehead atoms. The van der Waals surface area contributed by atoms with Crippen LogP contribution in [0, 0.1) is 0 Å². The first-order valence-electron chi connectivity index (χ1n) is 6.00. The van der Waals surface area contributed by atoms with Crippen molar-refractivity contribution in [1.29, 1.82) is 0 Å². The molecule has 21 heavy (non-hydrogen) atoms. The van der Waals surface area contributed by atoms with Crippen LogP contribution in [0.25, 0.3) is 0 Å². The van der Waals surface area contributed by atoms with Crippen molar-refractivity contribution in [3.63, 3.8) is 0 Å². The summed E-state index contributed by atoms with van der Waals surface area (Å²) in [5.74, 6) is 0.975. The Morgan fingerprint density at radius 3 is 2.48 bits per heavy atom. The Bertz CT molecular complexity index is 631. The second-order valence-electron chi connectivity index (χ2n) is 4.14. The standard InChI is InChI=1S/C13H12BrF3N4/c1-18-11-10(14)12(21-7-20-11)19-6-8-4-2-3-5-9(8)13(15,16)17/h2-5,7H,6H2,1H3,(H2,18,19,20,21). The third kappa shape index (κ3) is 3.63. The van der Waals surface area contributed by atoms with Gasteiger partial charge in [-0.2, -0.15) is 13.2 Å². The molecule has 0 atom stereocenters. The van der Waals surface area contributed by atoms with E-state index >= 15 is 0 Å². The number of benzene rings is 1. The van der Waals surface area contributed by atoms with E-state index in [0.29, 0.717) is 16.1 Å². The number of hydrogen-bond donors (Lipinski definition) is 2. The van der Waals surface area contributed by atoms with Crippen LogP contribution < -0.4 is 10.6 Å². The lowest BCUT2D eigenvalue weighted by Crippen LogP contribution is -2.12. The number of anilines is 2. The van der Waals surface area contributed by atoms with Crippen molar-refractivity contribution in [2.24, 2.45) is 0 Å². The molecule has 0 spiro atoms. The van der Waals surface area contributed by atoms with E-state index in [0.717, 1.165) is 6.07 Å². The van der Waals surface area contributed by atoms with Crippen LogP contribution in [0.1, 0.15) is 11.1 Å². The fraction of sp³-hybridized carbons (Fsp3) is 0.231. The lowest BCUT2D eigenvalue weighted by Gasteiger charge is -2.14. The summed E-state index contributed by atoms with van der Waals surface area (Å²) in [4.78, 5) is 7.98. The molecular weight excluding hydrogens is 349 g/mol. The molecule has 0 fully saturated rings. The smallest absolute Gasteiger partial charge is 0.372 e. The van der Waals surface area contributed by atoms with E-state index in [4.69, 9.17) is 0 Å². The molecule has 0 amide bonds. The van der Waals surface area contributed by atoms with Crippen LogP contribution >= 0.6 is 15.9 Å². The first-order chi connectivity index (χ1) is 9.93. The Hall–Kier alpha value is -1.83. The van der Waals surface area contributed by atoms with Gasteiger partial charge in [-0.3, -0.25) is 0 Å². The van der Waals surface area contributed by atoms with Crippen molar-refractivity contribution >= 4 is 27.6 Å². The van der Waals surface area contributed by atoms with E-state index < -0.39 is 11.7 Å². The number of aromatic nitrogens is 2. The maximum Gasteiger partial charge on any atom is 0.416 e. The number of halogens is 4. The molecule has 1 aromatic heterocycles. The van der Waals surface area contributed by atoms with Crippen molar-refractivity contribution in [3.05, 3.63) is 46.2 Å². The molecular formula is C13H12BrF3N4. The van der Waals surface area contributed by atoms with Crippen LogP contribution in [-0.2, 0) is 12.7 Å². The van der Waals surface area contributed by atoms with Gasteiger partial charge in [-0.25, -0.2) is 9.97 Å². The number of alkyl halides is 3. The average molecular weight is 361 g/mol. The summed E-state index contributed by atoms with van der Waals surface area (Å²) < 4.78 is 39.3. The van der Waals surface area contributed by atoms with Crippen LogP contribution in [0.5, 0.6) is 0 Å². The molecule has 0 saturated heterocycles. The highest BCUT2D eigenvalue weighted by Gasteiger charge is 2.32. The summed E-state index contributed by atoms with van der Waals surface area (Å²) in [5, 5.41) is 5.73. The molecule has 0 aliphatic heterocycles. The third-order valence-corrected chi connectivity index (χ3v) is 3.55. The van der Waals surface area contributed by atoms with Gasteiger partial charge < -0.3 is 10.6 Å². The van der Waals surface area contributed by atoms with E-state index in [-0.39, 0.29) is 12.1 Å². The molecule has 0 saturated carbocycles. The summed E-state index contributed by atoms with van der Waals surface area (Å²) in [6, 6.07) is 5.43. The summed E-state index contributed by atoms with van der Waals surface area (Å²) in [6.07, 6.45) is -3.05. The molecule has 1 aromatic carbocycles. The highest BCUT2D eigenvalue weighted by atomic mass is 79.9. The number of rotatable bonds is 4.